The molecule has 2 nitrogen and oxygen atoms in total. The van der Waals surface area contributed by atoms with Gasteiger partial charge in [-0.2, -0.15) is 39.5 Å². The van der Waals surface area contributed by atoms with Crippen LogP contribution in [0.2, 0.25) is 0 Å². The van der Waals surface area contributed by atoms with Crippen molar-refractivity contribution in [2.24, 2.45) is 11.8 Å². The number of alkyl halides is 9. The van der Waals surface area contributed by atoms with Crippen LogP contribution >= 0.6 is 0 Å². The van der Waals surface area contributed by atoms with Crippen LogP contribution in [0.5, 0.6) is 0 Å². The highest BCUT2D eigenvalue weighted by atomic mass is 19.4. The Hall–Kier alpha value is -1.55. The van der Waals surface area contributed by atoms with E-state index in [4.69, 9.17) is 0 Å². The summed E-state index contributed by atoms with van der Waals surface area (Å²) >= 11 is 0. The summed E-state index contributed by atoms with van der Waals surface area (Å²) in [6, 6.07) is 0.222. The molecule has 1 aromatic heterocycles. The molecule has 0 N–H and O–H groups in total. The molecule has 154 valence electrons. The lowest BCUT2D eigenvalue weighted by Gasteiger charge is -2.34. The Morgan fingerprint density at radius 1 is 0.815 bits per heavy atom. The normalized spacial score (nSPS) is 25.5. The maximum absolute atomic E-state index is 14.0. The monoisotopic (exact) mass is 408 g/mol. The first-order valence-electron chi connectivity index (χ1n) is 8.14. The first-order chi connectivity index (χ1) is 12.1. The maximum atomic E-state index is 14.0. The van der Waals surface area contributed by atoms with Crippen molar-refractivity contribution in [1.82, 2.24) is 9.97 Å². The molecule has 1 aliphatic carbocycles. The summed E-state index contributed by atoms with van der Waals surface area (Å²) in [5.74, 6) is -19.9. The minimum atomic E-state index is -6.94. The second kappa shape index (κ2) is 6.80. The van der Waals surface area contributed by atoms with Crippen molar-refractivity contribution in [3.05, 3.63) is 23.8 Å². The van der Waals surface area contributed by atoms with Crippen LogP contribution in [0.3, 0.4) is 0 Å². The van der Waals surface area contributed by atoms with Gasteiger partial charge in [0.2, 0.25) is 0 Å². The van der Waals surface area contributed by atoms with E-state index >= 15 is 0 Å². The van der Waals surface area contributed by atoms with Crippen molar-refractivity contribution in [3.63, 3.8) is 0 Å². The van der Waals surface area contributed by atoms with Crippen LogP contribution in [0.4, 0.5) is 39.5 Å². The van der Waals surface area contributed by atoms with Gasteiger partial charge in [0.15, 0.2) is 0 Å². The summed E-state index contributed by atoms with van der Waals surface area (Å²) in [7, 11) is 0. The average molecular weight is 408 g/mol. The molecular weight excluding hydrogens is 391 g/mol. The third-order valence-corrected chi connectivity index (χ3v) is 4.68. The van der Waals surface area contributed by atoms with Crippen LogP contribution in [-0.2, 0) is 5.92 Å². The highest BCUT2D eigenvalue weighted by Gasteiger charge is 2.82. The van der Waals surface area contributed by atoms with E-state index < -0.39 is 35.6 Å². The van der Waals surface area contributed by atoms with Gasteiger partial charge in [0.1, 0.15) is 11.5 Å². The second-order valence-corrected chi connectivity index (χ2v) is 7.14. The molecule has 2 atom stereocenters. The predicted molar refractivity (Wildman–Crippen MR) is 76.8 cm³/mol. The minimum Gasteiger partial charge on any atom is -0.241 e. The van der Waals surface area contributed by atoms with Crippen molar-refractivity contribution in [2.45, 2.75) is 63.0 Å². The first kappa shape index (κ1) is 21.7. The fourth-order valence-corrected chi connectivity index (χ4v) is 3.44. The van der Waals surface area contributed by atoms with Crippen LogP contribution < -0.4 is 0 Å². The van der Waals surface area contributed by atoms with Gasteiger partial charge in [-0.1, -0.05) is 13.8 Å². The molecule has 0 radical (unpaired) electrons. The minimum absolute atomic E-state index is 0.169. The highest BCUT2D eigenvalue weighted by molar-refractivity contribution is 5.18. The van der Waals surface area contributed by atoms with Gasteiger partial charge in [0.25, 0.3) is 0 Å². The van der Waals surface area contributed by atoms with Crippen LogP contribution in [-0.4, -0.2) is 28.0 Å². The Morgan fingerprint density at radius 2 is 1.33 bits per heavy atom. The topological polar surface area (TPSA) is 25.8 Å². The third kappa shape index (κ3) is 3.73. The maximum Gasteiger partial charge on any atom is 0.460 e. The summed E-state index contributed by atoms with van der Waals surface area (Å²) in [5.41, 5.74) is -1.87. The van der Waals surface area contributed by atoms with E-state index in [0.29, 0.717) is 19.0 Å². The molecule has 0 aromatic carbocycles. The fourth-order valence-electron chi connectivity index (χ4n) is 3.44. The smallest absolute Gasteiger partial charge is 0.241 e. The van der Waals surface area contributed by atoms with Gasteiger partial charge in [-0.25, -0.2) is 9.97 Å². The first-order valence-corrected chi connectivity index (χ1v) is 8.14. The van der Waals surface area contributed by atoms with Gasteiger partial charge in [0, 0.05) is 12.1 Å². The van der Waals surface area contributed by atoms with Crippen molar-refractivity contribution in [3.8, 4) is 0 Å². The Labute approximate surface area is 149 Å². The molecule has 0 spiro atoms. The van der Waals surface area contributed by atoms with Crippen LogP contribution in [0.1, 0.15) is 50.5 Å². The molecule has 0 bridgehead atoms. The van der Waals surface area contributed by atoms with Crippen molar-refractivity contribution in [2.75, 3.05) is 0 Å². The third-order valence-electron chi connectivity index (χ3n) is 4.68. The lowest BCUT2D eigenvalue weighted by Crippen LogP contribution is -2.59. The Kier molecular flexibility index (Phi) is 5.48. The lowest BCUT2D eigenvalue weighted by atomic mass is 9.76. The van der Waals surface area contributed by atoms with Crippen molar-refractivity contribution < 1.29 is 39.5 Å². The molecule has 1 heterocycles. The van der Waals surface area contributed by atoms with Gasteiger partial charge >= 0.3 is 23.9 Å². The number of nitrogens with zero attached hydrogens (tertiary/aromatic N) is 2. The molecule has 1 saturated carbocycles. The summed E-state index contributed by atoms with van der Waals surface area (Å²) < 4.78 is 118. The number of hydrogen-bond donors (Lipinski definition) is 0. The van der Waals surface area contributed by atoms with Crippen molar-refractivity contribution >= 4 is 0 Å². The predicted octanol–water partition coefficient (Wildman–Crippen LogP) is 5.94. The largest absolute Gasteiger partial charge is 0.460 e. The Bertz CT molecular complexity index is 662. The van der Waals surface area contributed by atoms with Gasteiger partial charge in [-0.15, -0.1) is 0 Å². The van der Waals surface area contributed by atoms with Gasteiger partial charge in [-0.05, 0) is 37.2 Å². The summed E-state index contributed by atoms with van der Waals surface area (Å²) in [6.45, 7) is 3.78. The molecule has 0 saturated heterocycles. The summed E-state index contributed by atoms with van der Waals surface area (Å²) in [6.07, 6.45) is -4.41. The quantitative estimate of drug-likeness (QED) is 0.576. The standard InChI is InChI=1S/C16H17F9N2/c1-8-5-9(2)7-10(6-8)12-26-4-3-11(27-12)13(17,18)14(19,20)15(21,22)16(23,24)25/h3-4,8-10H,5-7H2,1-2H3. The highest BCUT2D eigenvalue weighted by Crippen LogP contribution is 2.56. The molecule has 0 amide bonds. The lowest BCUT2D eigenvalue weighted by molar-refractivity contribution is -0.400. The van der Waals surface area contributed by atoms with E-state index in [-0.39, 0.29) is 23.7 Å². The molecular formula is C16H17F9N2. The van der Waals surface area contributed by atoms with E-state index in [9.17, 15) is 39.5 Å². The van der Waals surface area contributed by atoms with Crippen LogP contribution in [0.25, 0.3) is 0 Å². The second-order valence-electron chi connectivity index (χ2n) is 7.14. The zero-order chi connectivity index (χ0) is 20.8. The van der Waals surface area contributed by atoms with E-state index in [1.165, 1.54) is 0 Å². The van der Waals surface area contributed by atoms with Gasteiger partial charge < -0.3 is 0 Å². The van der Waals surface area contributed by atoms with E-state index in [2.05, 4.69) is 9.97 Å². The molecule has 11 heteroatoms. The van der Waals surface area contributed by atoms with Crippen LogP contribution in [0.15, 0.2) is 12.3 Å². The molecule has 1 fully saturated rings. The van der Waals surface area contributed by atoms with Gasteiger partial charge in [-0.3, -0.25) is 0 Å². The zero-order valence-electron chi connectivity index (χ0n) is 14.3. The molecule has 2 rings (SSSR count). The SMILES string of the molecule is CC1CC(C)CC(c2nccc(C(F)(F)C(F)(F)C(F)(F)C(F)(F)F)n2)C1. The Balaban J connectivity index is 2.42. The average Bonchev–Trinajstić information content (AvgIpc) is 2.52. The molecule has 2 unspecified atom stereocenters. The molecule has 27 heavy (non-hydrogen) atoms. The van der Waals surface area contributed by atoms with Crippen LogP contribution in [0, 0.1) is 11.8 Å². The zero-order valence-corrected chi connectivity index (χ0v) is 14.3. The van der Waals surface area contributed by atoms with E-state index in [1.54, 1.807) is 0 Å². The number of aromatic nitrogens is 2. The number of rotatable bonds is 4. The summed E-state index contributed by atoms with van der Waals surface area (Å²) in [5, 5.41) is 0. The van der Waals surface area contributed by atoms with E-state index in [0.717, 1.165) is 6.42 Å². The molecule has 0 aliphatic heterocycles. The van der Waals surface area contributed by atoms with Crippen molar-refractivity contribution in [1.29, 1.82) is 0 Å². The number of halogens is 9. The molecule has 1 aromatic rings. The summed E-state index contributed by atoms with van der Waals surface area (Å²) in [4.78, 5) is 7.00. The van der Waals surface area contributed by atoms with Gasteiger partial charge in [0.05, 0.1) is 0 Å². The Morgan fingerprint density at radius 3 is 1.81 bits per heavy atom. The number of hydrogen-bond acceptors (Lipinski definition) is 2. The molecule has 1 aliphatic rings. The van der Waals surface area contributed by atoms with E-state index in [1.807, 2.05) is 13.8 Å². The fraction of sp³-hybridized carbons (Fsp3) is 0.750.